The first-order valence-corrected chi connectivity index (χ1v) is 13.9. The second-order valence-electron chi connectivity index (χ2n) is 9.57. The largest absolute Gasteiger partial charge is 2.00 e. The van der Waals surface area contributed by atoms with E-state index in [-0.39, 0.29) is 95.5 Å². The number of carboxylic acids is 2. The number of aliphatic hydroxyl groups is 2. The molecule has 0 aromatic rings. The van der Waals surface area contributed by atoms with Crippen molar-refractivity contribution in [2.45, 2.75) is 91.3 Å². The zero-order chi connectivity index (χ0) is 30.8. The molecule has 0 saturated carbocycles. The van der Waals surface area contributed by atoms with Gasteiger partial charge in [0, 0.05) is 26.1 Å². The number of carboxylic acid groups (broad SMARTS) is 2. The zero-order valence-electron chi connectivity index (χ0n) is 25.3. The molecule has 0 aromatic carbocycles. The third-order valence-electron chi connectivity index (χ3n) is 5.08. The molecule has 4 N–H and O–H groups in total. The smallest absolute Gasteiger partial charge is 0.862 e. The zero-order valence-corrected chi connectivity index (χ0v) is 27.5. The molecule has 0 fully saturated rings. The van der Waals surface area contributed by atoms with Crippen molar-refractivity contribution < 1.29 is 39.9 Å². The summed E-state index contributed by atoms with van der Waals surface area (Å²) in [5.74, 6) is -2.70. The number of unbranched alkanes of at least 4 members (excludes halogenated alkanes) is 4. The van der Waals surface area contributed by atoms with E-state index in [1.165, 1.54) is 9.80 Å². The summed E-state index contributed by atoms with van der Waals surface area (Å²) in [6.07, 6.45) is 13.1. The van der Waals surface area contributed by atoms with Gasteiger partial charge in [-0.1, -0.05) is 63.8 Å². The van der Waals surface area contributed by atoms with Gasteiger partial charge in [-0.3, -0.25) is 24.4 Å². The maximum Gasteiger partial charge on any atom is 2.00 e. The molecule has 0 saturated heterocycles. The average Bonchev–Trinajstić information content (AvgIpc) is 2.84. The minimum absolute atomic E-state index is 0. The Labute approximate surface area is 275 Å². The van der Waals surface area contributed by atoms with E-state index >= 15 is 0 Å². The van der Waals surface area contributed by atoms with Gasteiger partial charge in [-0.05, 0) is 39.0 Å². The summed E-state index contributed by atoms with van der Waals surface area (Å²) in [5, 5.41) is 51.9. The van der Waals surface area contributed by atoms with Crippen molar-refractivity contribution in [2.75, 3.05) is 39.5 Å². The quantitative estimate of drug-likeness (QED) is 0.0321. The molecule has 0 aliphatic rings. The third kappa shape index (κ3) is 34.6. The van der Waals surface area contributed by atoms with Crippen LogP contribution >= 0.6 is 0 Å². The molecule has 0 radical (unpaired) electrons. The van der Waals surface area contributed by atoms with Gasteiger partial charge in [0.05, 0.1) is 38.1 Å². The van der Waals surface area contributed by atoms with Crippen LogP contribution in [0.4, 0.5) is 0 Å². The van der Waals surface area contributed by atoms with E-state index in [0.29, 0.717) is 6.42 Å². The van der Waals surface area contributed by atoms with E-state index in [0.717, 1.165) is 38.5 Å². The van der Waals surface area contributed by atoms with Crippen LogP contribution in [-0.4, -0.2) is 138 Å². The van der Waals surface area contributed by atoms with Crippen LogP contribution in [0.3, 0.4) is 0 Å². The van der Waals surface area contributed by atoms with Crippen molar-refractivity contribution in [3.05, 3.63) is 24.3 Å². The molecule has 232 valence electrons. The first-order valence-electron chi connectivity index (χ1n) is 13.9. The third-order valence-corrected chi connectivity index (χ3v) is 5.08. The van der Waals surface area contributed by atoms with Crippen LogP contribution in [0.25, 0.3) is 0 Å². The number of hydrogen-bond acceptors (Lipinski definition) is 10. The van der Waals surface area contributed by atoms with E-state index in [9.17, 15) is 34.8 Å². The summed E-state index contributed by atoms with van der Waals surface area (Å²) in [7, 11) is 0. The number of carbonyl (C=O) groups excluding carboxylic acids is 2. The summed E-state index contributed by atoms with van der Waals surface area (Å²) in [6.45, 7) is 7.19. The first kappa shape index (κ1) is 43.9. The molecule has 2 atom stereocenters. The second kappa shape index (κ2) is 29.9. The number of aliphatic hydroxyl groups excluding tert-OH is 2. The Balaban J connectivity index is -0.000000688. The predicted molar refractivity (Wildman–Crippen MR) is 157 cm³/mol. The molecule has 2 unspecified atom stereocenters. The second-order valence-corrected chi connectivity index (χ2v) is 9.57. The van der Waals surface area contributed by atoms with Crippen molar-refractivity contribution >= 4 is 61.5 Å². The van der Waals surface area contributed by atoms with Gasteiger partial charge in [0.2, 0.25) is 5.91 Å². The van der Waals surface area contributed by atoms with E-state index in [1.54, 1.807) is 19.9 Å². The number of carbonyl (C=O) groups is 3. The Morgan fingerprint density at radius 1 is 0.854 bits per heavy atom. The number of aliphatic imine (C=N–C) groups is 1. The number of hydrogen-bond donors (Lipinski definition) is 4. The van der Waals surface area contributed by atoms with E-state index in [2.05, 4.69) is 24.2 Å². The van der Waals surface area contributed by atoms with E-state index in [1.807, 2.05) is 18.2 Å². The molecule has 0 bridgehead atoms. The summed E-state index contributed by atoms with van der Waals surface area (Å²) in [5.41, 5.74) is 0. The Morgan fingerprint density at radius 3 is 1.83 bits per heavy atom. The topological polar surface area (TPSA) is 189 Å². The molecule has 1 amide bonds. The number of nitrogens with one attached hydrogen (secondary N) is 1. The van der Waals surface area contributed by atoms with Crippen LogP contribution in [0, 0.1) is 0 Å². The maximum absolute atomic E-state index is 11.6. The van der Waals surface area contributed by atoms with Gasteiger partial charge in [-0.15, -0.1) is 0 Å². The SMILES string of the molecule is CCCC/C=C/CC(=O)NCN(CC(=O)O)CC(C)O.CCCC/C=C/CC([O-])=NCN(CC(=O)[O-])CC(C)O.[Ca+2]. The fraction of sp³-hybridized carbons (Fsp3) is 0.714. The van der Waals surface area contributed by atoms with Gasteiger partial charge in [0.1, 0.15) is 0 Å². The normalized spacial score (nSPS) is 13.1. The van der Waals surface area contributed by atoms with Crippen LogP contribution in [-0.2, 0) is 14.4 Å². The molecular weight excluding hydrogens is 560 g/mol. The van der Waals surface area contributed by atoms with E-state index in [4.69, 9.17) is 5.11 Å². The Morgan fingerprint density at radius 2 is 1.37 bits per heavy atom. The number of nitrogens with zero attached hydrogens (tertiary/aromatic N) is 3. The van der Waals surface area contributed by atoms with Crippen molar-refractivity contribution in [1.82, 2.24) is 15.1 Å². The standard InChI is InChI=1S/2C14H26N2O4.Ca/c2*1-3-4-5-6-7-8-13(18)15-11-16(9-12(2)17)10-14(19)20;/h2*6-7,12,17H,3-5,8-11H2,1-2H3,(H,15,18)(H,19,20);/q;;+2/p-2/b2*7-6+;. The van der Waals surface area contributed by atoms with Crippen LogP contribution in [0.1, 0.15) is 79.1 Å². The van der Waals surface area contributed by atoms with Crippen LogP contribution in [0.2, 0.25) is 0 Å². The Bertz CT molecular complexity index is 776. The fourth-order valence-corrected chi connectivity index (χ4v) is 3.25. The minimum Gasteiger partial charge on any atom is -0.862 e. The predicted octanol–water partition coefficient (Wildman–Crippen LogP) is -0.145. The van der Waals surface area contributed by atoms with E-state index < -0.39 is 24.1 Å². The number of amides is 1. The molecule has 12 nitrogen and oxygen atoms in total. The molecule has 13 heteroatoms. The van der Waals surface area contributed by atoms with Crippen molar-refractivity contribution in [1.29, 1.82) is 0 Å². The fourth-order valence-electron chi connectivity index (χ4n) is 3.25. The van der Waals surface area contributed by atoms with Gasteiger partial charge in [-0.2, -0.15) is 0 Å². The van der Waals surface area contributed by atoms with Gasteiger partial charge in [0.15, 0.2) is 0 Å². The maximum atomic E-state index is 11.6. The Hall–Kier alpha value is -1.54. The average molecular weight is 611 g/mol. The summed E-state index contributed by atoms with van der Waals surface area (Å²) < 4.78 is 0. The van der Waals surface area contributed by atoms with Crippen LogP contribution < -0.4 is 15.5 Å². The molecule has 0 spiro atoms. The summed E-state index contributed by atoms with van der Waals surface area (Å²) >= 11 is 0. The first-order chi connectivity index (χ1) is 18.9. The number of allylic oxidation sites excluding steroid dienone is 2. The van der Waals surface area contributed by atoms with Gasteiger partial charge >= 0.3 is 43.7 Å². The van der Waals surface area contributed by atoms with Crippen molar-refractivity contribution in [3.63, 3.8) is 0 Å². The van der Waals surface area contributed by atoms with Crippen LogP contribution in [0.15, 0.2) is 29.3 Å². The molecule has 0 aliphatic heterocycles. The van der Waals surface area contributed by atoms with Crippen LogP contribution in [0.5, 0.6) is 0 Å². The van der Waals surface area contributed by atoms with Crippen molar-refractivity contribution in [3.8, 4) is 0 Å². The summed E-state index contributed by atoms with van der Waals surface area (Å²) in [4.78, 5) is 39.4. The van der Waals surface area contributed by atoms with Gasteiger partial charge < -0.3 is 35.6 Å². The molecular formula is C28H50CaN4O8. The summed E-state index contributed by atoms with van der Waals surface area (Å²) in [6, 6.07) is 0. The molecule has 0 aliphatic carbocycles. The number of aliphatic carboxylic acids is 2. The Kier molecular flexibility index (Phi) is 32.1. The number of rotatable bonds is 22. The minimum atomic E-state index is -1.26. The molecule has 41 heavy (non-hydrogen) atoms. The monoisotopic (exact) mass is 610 g/mol. The molecule has 0 heterocycles. The molecule has 0 rings (SSSR count). The van der Waals surface area contributed by atoms with Crippen molar-refractivity contribution in [2.24, 2.45) is 4.99 Å². The molecule has 0 aromatic heterocycles. The van der Waals surface area contributed by atoms with Gasteiger partial charge in [0.25, 0.3) is 0 Å². The van der Waals surface area contributed by atoms with Gasteiger partial charge in [-0.25, -0.2) is 0 Å².